The van der Waals surface area contributed by atoms with Gasteiger partial charge in [-0.15, -0.1) is 0 Å². The Bertz CT molecular complexity index is 677. The van der Waals surface area contributed by atoms with E-state index in [1.54, 1.807) is 0 Å². The highest BCUT2D eigenvalue weighted by atomic mass is 16.5. The van der Waals surface area contributed by atoms with Crippen LogP contribution in [0, 0.1) is 23.7 Å². The highest BCUT2D eigenvalue weighted by Crippen LogP contribution is 2.33. The molecule has 1 aromatic rings. The molecule has 178 valence electrons. The summed E-state index contributed by atoms with van der Waals surface area (Å²) in [6, 6.07) is 7.47. The van der Waals surface area contributed by atoms with Crippen molar-refractivity contribution in [3.8, 4) is 11.5 Å². The number of unbranched alkanes of at least 4 members (excludes halogenated alkanes) is 2. The summed E-state index contributed by atoms with van der Waals surface area (Å²) in [4.78, 5) is 12.4. The van der Waals surface area contributed by atoms with Gasteiger partial charge in [0.05, 0.1) is 5.92 Å². The maximum Gasteiger partial charge on any atom is 0.314 e. The molecule has 0 bridgehead atoms. The average molecular weight is 441 g/mol. The zero-order valence-corrected chi connectivity index (χ0v) is 20.4. The van der Waals surface area contributed by atoms with Gasteiger partial charge in [-0.05, 0) is 93.4 Å². The minimum Gasteiger partial charge on any atom is -0.490 e. The molecule has 0 heterocycles. The second kappa shape index (κ2) is 13.7. The number of carbonyl (C=O) groups excluding carboxylic acids is 1. The van der Waals surface area contributed by atoms with Crippen LogP contribution in [-0.2, 0) is 4.79 Å². The lowest BCUT2D eigenvalue weighted by atomic mass is 9.79. The largest absolute Gasteiger partial charge is 0.490 e. The predicted molar refractivity (Wildman–Crippen MR) is 132 cm³/mol. The summed E-state index contributed by atoms with van der Waals surface area (Å²) in [5.74, 6) is 3.89. The van der Waals surface area contributed by atoms with Crippen molar-refractivity contribution in [1.29, 1.82) is 0 Å². The van der Waals surface area contributed by atoms with Crippen LogP contribution in [0.2, 0.25) is 0 Å². The number of hydrogen-bond acceptors (Lipinski definition) is 3. The monoisotopic (exact) mass is 440 g/mol. The Kier molecular flexibility index (Phi) is 10.6. The summed E-state index contributed by atoms with van der Waals surface area (Å²) in [6.45, 7) is 5.12. The second-order valence-electron chi connectivity index (χ2n) is 10.0. The molecule has 0 atom stereocenters. The quantitative estimate of drug-likeness (QED) is 0.151. The first-order chi connectivity index (χ1) is 15.7. The molecular weight excluding hydrogens is 396 g/mol. The molecule has 3 rings (SSSR count). The molecule has 3 nitrogen and oxygen atoms in total. The van der Waals surface area contributed by atoms with Gasteiger partial charge in [-0.1, -0.05) is 58.1 Å². The minimum atomic E-state index is -0.0729. The molecule has 0 saturated heterocycles. The molecule has 2 aliphatic rings. The maximum atomic E-state index is 12.4. The van der Waals surface area contributed by atoms with E-state index in [-0.39, 0.29) is 11.9 Å². The number of benzene rings is 1. The van der Waals surface area contributed by atoms with Crippen LogP contribution in [0.15, 0.2) is 36.4 Å². The molecule has 2 aliphatic carbocycles. The fraction of sp³-hybridized carbons (Fsp3) is 0.690. The van der Waals surface area contributed by atoms with Crippen molar-refractivity contribution in [2.45, 2.75) is 97.3 Å². The SMILES string of the molecule is CCCCCC1CCC(C=CCOc2ccc(OC(=O)C3CCC(CC)CC3)cc2)CC1. The van der Waals surface area contributed by atoms with Crippen LogP contribution in [0.3, 0.4) is 0 Å². The molecule has 0 unspecified atom stereocenters. The summed E-state index contributed by atoms with van der Waals surface area (Å²) in [5.41, 5.74) is 0. The van der Waals surface area contributed by atoms with Gasteiger partial charge in [0.2, 0.25) is 0 Å². The normalized spacial score (nSPS) is 26.2. The molecule has 3 heteroatoms. The topological polar surface area (TPSA) is 35.5 Å². The number of esters is 1. The van der Waals surface area contributed by atoms with Crippen molar-refractivity contribution in [2.24, 2.45) is 23.7 Å². The van der Waals surface area contributed by atoms with E-state index in [0.29, 0.717) is 12.4 Å². The van der Waals surface area contributed by atoms with Crippen molar-refractivity contribution in [3.63, 3.8) is 0 Å². The van der Waals surface area contributed by atoms with E-state index in [2.05, 4.69) is 26.0 Å². The first-order valence-electron chi connectivity index (χ1n) is 13.3. The third kappa shape index (κ3) is 8.30. The van der Waals surface area contributed by atoms with Crippen LogP contribution in [0.5, 0.6) is 11.5 Å². The summed E-state index contributed by atoms with van der Waals surface area (Å²) in [5, 5.41) is 0. The van der Waals surface area contributed by atoms with Crippen LogP contribution < -0.4 is 9.47 Å². The van der Waals surface area contributed by atoms with E-state index in [1.165, 1.54) is 57.8 Å². The summed E-state index contributed by atoms with van der Waals surface area (Å²) in [6.07, 6.45) is 21.0. The highest BCUT2D eigenvalue weighted by Gasteiger charge is 2.27. The van der Waals surface area contributed by atoms with Gasteiger partial charge in [0.25, 0.3) is 0 Å². The zero-order chi connectivity index (χ0) is 22.6. The minimum absolute atomic E-state index is 0.0604. The molecule has 1 aromatic carbocycles. The third-order valence-corrected chi connectivity index (χ3v) is 7.66. The Balaban J connectivity index is 1.32. The molecule has 0 N–H and O–H groups in total. The fourth-order valence-corrected chi connectivity index (χ4v) is 5.35. The van der Waals surface area contributed by atoms with E-state index in [1.807, 2.05) is 24.3 Å². The fourth-order valence-electron chi connectivity index (χ4n) is 5.35. The first-order valence-corrected chi connectivity index (χ1v) is 13.3. The molecule has 0 radical (unpaired) electrons. The van der Waals surface area contributed by atoms with E-state index in [9.17, 15) is 4.79 Å². The van der Waals surface area contributed by atoms with Crippen LogP contribution in [-0.4, -0.2) is 12.6 Å². The van der Waals surface area contributed by atoms with Crippen molar-refractivity contribution in [1.82, 2.24) is 0 Å². The highest BCUT2D eigenvalue weighted by molar-refractivity contribution is 5.75. The van der Waals surface area contributed by atoms with E-state index >= 15 is 0 Å². The van der Waals surface area contributed by atoms with Gasteiger partial charge >= 0.3 is 5.97 Å². The molecule has 0 aliphatic heterocycles. The predicted octanol–water partition coefficient (Wildman–Crippen LogP) is 8.13. The van der Waals surface area contributed by atoms with E-state index < -0.39 is 0 Å². The van der Waals surface area contributed by atoms with E-state index in [0.717, 1.165) is 49.2 Å². The van der Waals surface area contributed by atoms with Gasteiger partial charge in [-0.2, -0.15) is 0 Å². The Labute approximate surface area is 196 Å². The molecular formula is C29H44O3. The molecule has 2 saturated carbocycles. The van der Waals surface area contributed by atoms with Gasteiger partial charge in [0, 0.05) is 0 Å². The van der Waals surface area contributed by atoms with Crippen molar-refractivity contribution in [2.75, 3.05) is 6.61 Å². The molecule has 0 spiro atoms. The molecule has 32 heavy (non-hydrogen) atoms. The molecule has 2 fully saturated rings. The number of carbonyl (C=O) groups is 1. The number of hydrogen-bond donors (Lipinski definition) is 0. The standard InChI is InChI=1S/C29H44O3/c1-3-5-6-8-24-10-12-25(13-11-24)9-7-22-31-27-18-20-28(21-19-27)32-29(30)26-16-14-23(4-2)15-17-26/h7,9,18-21,23-26H,3-6,8,10-17,22H2,1-2H3. The van der Waals surface area contributed by atoms with Crippen LogP contribution >= 0.6 is 0 Å². The summed E-state index contributed by atoms with van der Waals surface area (Å²) >= 11 is 0. The summed E-state index contributed by atoms with van der Waals surface area (Å²) in [7, 11) is 0. The van der Waals surface area contributed by atoms with Gasteiger partial charge in [-0.3, -0.25) is 4.79 Å². The Hall–Kier alpha value is -1.77. The van der Waals surface area contributed by atoms with Crippen molar-refractivity contribution in [3.05, 3.63) is 36.4 Å². The van der Waals surface area contributed by atoms with Gasteiger partial charge in [0.1, 0.15) is 18.1 Å². The number of rotatable bonds is 11. The Morgan fingerprint density at radius 3 is 2.19 bits per heavy atom. The lowest BCUT2D eigenvalue weighted by Gasteiger charge is -2.26. The van der Waals surface area contributed by atoms with Crippen molar-refractivity contribution < 1.29 is 14.3 Å². The maximum absolute atomic E-state index is 12.4. The van der Waals surface area contributed by atoms with Gasteiger partial charge in [-0.25, -0.2) is 0 Å². The number of ether oxygens (including phenoxy) is 2. The van der Waals surface area contributed by atoms with Gasteiger partial charge < -0.3 is 9.47 Å². The van der Waals surface area contributed by atoms with Crippen LogP contribution in [0.25, 0.3) is 0 Å². The lowest BCUT2D eigenvalue weighted by Crippen LogP contribution is -2.25. The lowest BCUT2D eigenvalue weighted by molar-refractivity contribution is -0.140. The van der Waals surface area contributed by atoms with Crippen molar-refractivity contribution >= 4 is 5.97 Å². The molecule has 0 amide bonds. The van der Waals surface area contributed by atoms with Gasteiger partial charge in [0.15, 0.2) is 0 Å². The first kappa shape index (κ1) is 24.9. The molecule has 0 aromatic heterocycles. The average Bonchev–Trinajstić information content (AvgIpc) is 2.84. The van der Waals surface area contributed by atoms with Crippen LogP contribution in [0.1, 0.15) is 97.3 Å². The zero-order valence-electron chi connectivity index (χ0n) is 20.4. The third-order valence-electron chi connectivity index (χ3n) is 7.66. The smallest absolute Gasteiger partial charge is 0.314 e. The summed E-state index contributed by atoms with van der Waals surface area (Å²) < 4.78 is 11.5. The van der Waals surface area contributed by atoms with Crippen LogP contribution in [0.4, 0.5) is 0 Å². The Morgan fingerprint density at radius 1 is 0.875 bits per heavy atom. The number of allylic oxidation sites excluding steroid dienone is 1. The van der Waals surface area contributed by atoms with E-state index in [4.69, 9.17) is 9.47 Å². The second-order valence-corrected chi connectivity index (χ2v) is 10.0. The Morgan fingerprint density at radius 2 is 1.53 bits per heavy atom.